The monoisotopic (exact) mass is 688 g/mol. The molecular weight excluding hydrogens is 657 g/mol. The second kappa shape index (κ2) is 12.1. The van der Waals surface area contributed by atoms with Crippen LogP contribution in [0.15, 0.2) is 194 Å². The van der Waals surface area contributed by atoms with E-state index >= 15 is 0 Å². The largest absolute Gasteiger partial charge is 0.309 e. The summed E-state index contributed by atoms with van der Waals surface area (Å²) in [4.78, 5) is 10.9. The van der Waals surface area contributed by atoms with E-state index in [0.717, 1.165) is 55.6 Å². The van der Waals surface area contributed by atoms with Crippen LogP contribution in [-0.4, -0.2) is 19.1 Å². The van der Waals surface area contributed by atoms with Crippen LogP contribution in [0.25, 0.3) is 99.7 Å². The number of hydrogen-bond acceptors (Lipinski definition) is 2. The second-order valence-electron chi connectivity index (χ2n) is 13.8. The Hall–Kier alpha value is -7.30. The molecule has 0 saturated carbocycles. The summed E-state index contributed by atoms with van der Waals surface area (Å²) in [6.07, 6.45) is 0. The highest BCUT2D eigenvalue weighted by molar-refractivity contribution is 6.28. The van der Waals surface area contributed by atoms with Gasteiger partial charge in [0, 0.05) is 38.2 Å². The van der Waals surface area contributed by atoms with Crippen LogP contribution in [-0.2, 0) is 0 Å². The van der Waals surface area contributed by atoms with Crippen molar-refractivity contribution in [3.05, 3.63) is 194 Å². The summed E-state index contributed by atoms with van der Waals surface area (Å²) < 4.78 is 4.64. The third kappa shape index (κ3) is 4.70. The van der Waals surface area contributed by atoms with Crippen molar-refractivity contribution in [3.63, 3.8) is 0 Å². The Balaban J connectivity index is 1.22. The number of benzene rings is 8. The summed E-state index contributed by atoms with van der Waals surface area (Å²) in [5.41, 5.74) is 13.1. The molecule has 11 rings (SSSR count). The number of rotatable bonds is 5. The summed E-state index contributed by atoms with van der Waals surface area (Å²) >= 11 is 0. The van der Waals surface area contributed by atoms with Gasteiger partial charge >= 0.3 is 0 Å². The molecule has 252 valence electrons. The van der Waals surface area contributed by atoms with E-state index < -0.39 is 0 Å². The first kappa shape index (κ1) is 30.3. The van der Waals surface area contributed by atoms with Gasteiger partial charge in [-0.15, -0.1) is 0 Å². The van der Waals surface area contributed by atoms with Gasteiger partial charge in [0.05, 0.1) is 33.3 Å². The normalized spacial score (nSPS) is 11.7. The van der Waals surface area contributed by atoms with Crippen molar-refractivity contribution in [2.75, 3.05) is 0 Å². The molecule has 0 bridgehead atoms. The van der Waals surface area contributed by atoms with Gasteiger partial charge in [0.25, 0.3) is 0 Å². The quantitative estimate of drug-likeness (QED) is 0.180. The lowest BCUT2D eigenvalue weighted by molar-refractivity contribution is 1.01. The van der Waals surface area contributed by atoms with E-state index in [1.54, 1.807) is 0 Å². The summed E-state index contributed by atoms with van der Waals surface area (Å²) in [5.74, 6) is 0.646. The Labute approximate surface area is 311 Å². The third-order valence-electron chi connectivity index (χ3n) is 10.7. The predicted molar refractivity (Wildman–Crippen MR) is 225 cm³/mol. The van der Waals surface area contributed by atoms with Crippen LogP contribution in [0.2, 0.25) is 0 Å². The Morgan fingerprint density at radius 1 is 0.315 bits per heavy atom. The molecule has 0 spiro atoms. The summed E-state index contributed by atoms with van der Waals surface area (Å²) in [6, 6.07) is 68.9. The molecule has 54 heavy (non-hydrogen) atoms. The fourth-order valence-electron chi connectivity index (χ4n) is 8.31. The zero-order chi connectivity index (χ0) is 35.6. The molecule has 0 aliphatic heterocycles. The standard InChI is InChI=1S/C50H32N4/c1-4-15-33(16-5-1)35-19-14-20-37(31-35)49-41-32-36(34-17-6-2-7-18-34)27-28-42(41)51-50(52-49)54-44-26-13-11-24-40(44)48-46(54)30-29-45-47(48)39-23-10-12-25-43(39)53(45)38-21-8-3-9-22-38/h1-32H. The average Bonchev–Trinajstić information content (AvgIpc) is 3.77. The Morgan fingerprint density at radius 3 is 1.50 bits per heavy atom. The molecule has 4 nitrogen and oxygen atoms in total. The van der Waals surface area contributed by atoms with Crippen LogP contribution in [0.4, 0.5) is 0 Å². The lowest BCUT2D eigenvalue weighted by atomic mass is 9.98. The molecule has 11 aromatic rings. The van der Waals surface area contributed by atoms with E-state index in [-0.39, 0.29) is 0 Å². The van der Waals surface area contributed by atoms with Crippen LogP contribution < -0.4 is 0 Å². The molecular formula is C50H32N4. The molecule has 8 aromatic carbocycles. The SMILES string of the molecule is c1ccc(-c2cccc(-c3nc(-n4c5ccccc5c5c6c7ccccc7n(-c7ccccc7)c6ccc54)nc4ccc(-c5ccccc5)cc34)c2)cc1. The van der Waals surface area contributed by atoms with Crippen LogP contribution in [0.3, 0.4) is 0 Å². The third-order valence-corrected chi connectivity index (χ3v) is 10.7. The Kier molecular flexibility index (Phi) is 6.82. The first-order valence-corrected chi connectivity index (χ1v) is 18.3. The van der Waals surface area contributed by atoms with Crippen molar-refractivity contribution in [2.24, 2.45) is 0 Å². The van der Waals surface area contributed by atoms with Crippen molar-refractivity contribution in [1.29, 1.82) is 0 Å². The van der Waals surface area contributed by atoms with Crippen molar-refractivity contribution in [1.82, 2.24) is 19.1 Å². The molecule has 0 N–H and O–H groups in total. The van der Waals surface area contributed by atoms with E-state index in [1.807, 2.05) is 0 Å². The van der Waals surface area contributed by atoms with E-state index in [9.17, 15) is 0 Å². The number of para-hydroxylation sites is 3. The van der Waals surface area contributed by atoms with Gasteiger partial charge in [-0.2, -0.15) is 0 Å². The smallest absolute Gasteiger partial charge is 0.235 e. The fourth-order valence-corrected chi connectivity index (χ4v) is 8.31. The van der Waals surface area contributed by atoms with Gasteiger partial charge in [-0.25, -0.2) is 9.97 Å². The van der Waals surface area contributed by atoms with Crippen molar-refractivity contribution in [2.45, 2.75) is 0 Å². The molecule has 0 unspecified atom stereocenters. The van der Waals surface area contributed by atoms with Gasteiger partial charge in [-0.1, -0.05) is 140 Å². The van der Waals surface area contributed by atoms with Crippen LogP contribution in [0, 0.1) is 0 Å². The molecule has 4 heteroatoms. The maximum absolute atomic E-state index is 5.53. The van der Waals surface area contributed by atoms with Crippen molar-refractivity contribution >= 4 is 54.5 Å². The Morgan fingerprint density at radius 2 is 0.833 bits per heavy atom. The minimum absolute atomic E-state index is 0.646. The highest BCUT2D eigenvalue weighted by Gasteiger charge is 2.22. The first-order chi connectivity index (χ1) is 26.8. The molecule has 3 aromatic heterocycles. The molecule has 0 amide bonds. The van der Waals surface area contributed by atoms with Gasteiger partial charge in [0.15, 0.2) is 0 Å². The van der Waals surface area contributed by atoms with Gasteiger partial charge in [-0.05, 0) is 76.9 Å². The van der Waals surface area contributed by atoms with Crippen LogP contribution >= 0.6 is 0 Å². The molecule has 0 radical (unpaired) electrons. The lowest BCUT2D eigenvalue weighted by Gasteiger charge is -2.14. The van der Waals surface area contributed by atoms with Crippen molar-refractivity contribution in [3.8, 4) is 45.1 Å². The van der Waals surface area contributed by atoms with Crippen LogP contribution in [0.1, 0.15) is 0 Å². The average molecular weight is 689 g/mol. The molecule has 0 aliphatic rings. The summed E-state index contributed by atoms with van der Waals surface area (Å²) in [5, 5.41) is 5.83. The van der Waals surface area contributed by atoms with E-state index in [4.69, 9.17) is 9.97 Å². The number of hydrogen-bond donors (Lipinski definition) is 0. The minimum Gasteiger partial charge on any atom is -0.309 e. The predicted octanol–water partition coefficient (Wildman–Crippen LogP) is 12.8. The van der Waals surface area contributed by atoms with E-state index in [2.05, 4.69) is 203 Å². The second-order valence-corrected chi connectivity index (χ2v) is 13.8. The van der Waals surface area contributed by atoms with E-state index in [1.165, 1.54) is 38.1 Å². The highest BCUT2D eigenvalue weighted by Crippen LogP contribution is 2.42. The zero-order valence-corrected chi connectivity index (χ0v) is 29.3. The van der Waals surface area contributed by atoms with Gasteiger partial charge < -0.3 is 4.57 Å². The molecule has 0 aliphatic carbocycles. The Bertz CT molecular complexity index is 3200. The summed E-state index contributed by atoms with van der Waals surface area (Å²) in [7, 11) is 0. The number of nitrogens with zero attached hydrogens (tertiary/aromatic N) is 4. The number of aromatic nitrogens is 4. The van der Waals surface area contributed by atoms with E-state index in [0.29, 0.717) is 5.95 Å². The maximum atomic E-state index is 5.53. The summed E-state index contributed by atoms with van der Waals surface area (Å²) in [6.45, 7) is 0. The molecule has 0 fully saturated rings. The van der Waals surface area contributed by atoms with Gasteiger partial charge in [0.1, 0.15) is 0 Å². The zero-order valence-electron chi connectivity index (χ0n) is 29.3. The highest BCUT2D eigenvalue weighted by atomic mass is 15.2. The molecule has 0 atom stereocenters. The molecule has 0 saturated heterocycles. The van der Waals surface area contributed by atoms with Gasteiger partial charge in [0.2, 0.25) is 5.95 Å². The topological polar surface area (TPSA) is 35.6 Å². The maximum Gasteiger partial charge on any atom is 0.235 e. The lowest BCUT2D eigenvalue weighted by Crippen LogP contribution is -2.03. The fraction of sp³-hybridized carbons (Fsp3) is 0. The molecule has 3 heterocycles. The number of fused-ring (bicyclic) bond motifs is 8. The minimum atomic E-state index is 0.646. The van der Waals surface area contributed by atoms with Crippen molar-refractivity contribution < 1.29 is 0 Å². The van der Waals surface area contributed by atoms with Gasteiger partial charge in [-0.3, -0.25) is 4.57 Å². The van der Waals surface area contributed by atoms with Crippen LogP contribution in [0.5, 0.6) is 0 Å². The first-order valence-electron chi connectivity index (χ1n) is 18.3.